The van der Waals surface area contributed by atoms with E-state index in [9.17, 15) is 8.78 Å². The molecule has 0 N–H and O–H groups in total. The van der Waals surface area contributed by atoms with Crippen molar-refractivity contribution in [2.75, 3.05) is 18.0 Å². The zero-order valence-corrected chi connectivity index (χ0v) is 11.3. The Kier molecular flexibility index (Phi) is 2.07. The molecule has 2 aromatic rings. The first-order valence-electron chi connectivity index (χ1n) is 6.34. The summed E-state index contributed by atoms with van der Waals surface area (Å²) in [5.74, 6) is -1.67. The number of nitrogens with zero attached hydrogens (tertiary/aromatic N) is 3. The van der Waals surface area contributed by atoms with Gasteiger partial charge in [-0.25, -0.2) is 18.7 Å². The second-order valence-corrected chi connectivity index (χ2v) is 6.51. The van der Waals surface area contributed by atoms with Crippen LogP contribution in [0.3, 0.4) is 0 Å². The summed E-state index contributed by atoms with van der Waals surface area (Å²) in [6.07, 6.45) is 2.20. The van der Waals surface area contributed by atoms with Crippen molar-refractivity contribution in [3.8, 4) is 0 Å². The van der Waals surface area contributed by atoms with E-state index in [1.807, 2.05) is 17.2 Å². The minimum atomic E-state index is -2.49. The van der Waals surface area contributed by atoms with Gasteiger partial charge in [-0.05, 0) is 24.3 Å². The number of aryl methyl sites for hydroxylation is 1. The predicted octanol–water partition coefficient (Wildman–Crippen LogP) is 3.24. The molecule has 1 saturated heterocycles. The third-order valence-electron chi connectivity index (χ3n) is 4.49. The number of rotatable bonds is 1. The van der Waals surface area contributed by atoms with Gasteiger partial charge in [0.15, 0.2) is 0 Å². The zero-order valence-electron chi connectivity index (χ0n) is 10.5. The van der Waals surface area contributed by atoms with Crippen LogP contribution in [-0.4, -0.2) is 29.0 Å². The Hall–Kier alpha value is -1.30. The SMILES string of the molecule is Cc1csc2c(N3CC4(CCC4(F)F)C3)ncnc12. The van der Waals surface area contributed by atoms with Crippen molar-refractivity contribution >= 4 is 27.4 Å². The first-order chi connectivity index (χ1) is 9.02. The summed E-state index contributed by atoms with van der Waals surface area (Å²) < 4.78 is 28.2. The van der Waals surface area contributed by atoms with E-state index in [-0.39, 0.29) is 6.42 Å². The van der Waals surface area contributed by atoms with Crippen molar-refractivity contribution in [3.63, 3.8) is 0 Å². The van der Waals surface area contributed by atoms with Crippen molar-refractivity contribution in [2.24, 2.45) is 5.41 Å². The molecule has 0 bridgehead atoms. The molecule has 1 aliphatic heterocycles. The number of alkyl halides is 2. The maximum atomic E-state index is 13.6. The molecule has 0 aromatic carbocycles. The number of anilines is 1. The number of hydrogen-bond donors (Lipinski definition) is 0. The maximum Gasteiger partial charge on any atom is 0.257 e. The van der Waals surface area contributed by atoms with E-state index in [1.54, 1.807) is 11.3 Å². The lowest BCUT2D eigenvalue weighted by atomic mass is 9.60. The van der Waals surface area contributed by atoms with E-state index in [0.717, 1.165) is 21.6 Å². The van der Waals surface area contributed by atoms with Crippen molar-refractivity contribution in [1.82, 2.24) is 9.97 Å². The molecule has 3 heterocycles. The van der Waals surface area contributed by atoms with Crippen LogP contribution in [0, 0.1) is 12.3 Å². The molecular formula is C13H13F2N3S. The van der Waals surface area contributed by atoms with Crippen LogP contribution in [0.2, 0.25) is 0 Å². The standard InChI is InChI=1S/C13H13F2N3S/c1-8-4-19-10-9(8)16-7-17-11(10)18-5-12(6-18)2-3-13(12,14)15/h4,7H,2-3,5-6H2,1H3. The molecule has 2 aliphatic rings. The number of hydrogen-bond acceptors (Lipinski definition) is 4. The third-order valence-corrected chi connectivity index (χ3v) is 5.58. The van der Waals surface area contributed by atoms with Gasteiger partial charge in [0.2, 0.25) is 0 Å². The molecule has 0 atom stereocenters. The Morgan fingerprint density at radius 2 is 2.05 bits per heavy atom. The lowest BCUT2D eigenvalue weighted by Crippen LogP contribution is -2.70. The molecule has 1 spiro atoms. The van der Waals surface area contributed by atoms with Gasteiger partial charge in [-0.15, -0.1) is 11.3 Å². The first kappa shape index (κ1) is 11.5. The summed E-state index contributed by atoms with van der Waals surface area (Å²) in [4.78, 5) is 10.5. The van der Waals surface area contributed by atoms with Crippen molar-refractivity contribution in [1.29, 1.82) is 0 Å². The minimum Gasteiger partial charge on any atom is -0.354 e. The molecule has 3 nitrogen and oxygen atoms in total. The van der Waals surface area contributed by atoms with E-state index < -0.39 is 11.3 Å². The molecule has 1 aliphatic carbocycles. The lowest BCUT2D eigenvalue weighted by Gasteiger charge is -2.60. The van der Waals surface area contributed by atoms with Gasteiger partial charge in [-0.3, -0.25) is 0 Å². The fourth-order valence-corrected chi connectivity index (χ4v) is 4.09. The molecule has 19 heavy (non-hydrogen) atoms. The van der Waals surface area contributed by atoms with E-state index in [0.29, 0.717) is 19.5 Å². The average Bonchev–Trinajstić information content (AvgIpc) is 2.70. The molecule has 0 amide bonds. The summed E-state index contributed by atoms with van der Waals surface area (Å²) >= 11 is 1.59. The van der Waals surface area contributed by atoms with Crippen molar-refractivity contribution in [2.45, 2.75) is 25.7 Å². The third kappa shape index (κ3) is 1.35. The number of halogens is 2. The molecule has 1 saturated carbocycles. The van der Waals surface area contributed by atoms with Crippen LogP contribution >= 0.6 is 11.3 Å². The van der Waals surface area contributed by atoms with Crippen molar-refractivity contribution < 1.29 is 8.78 Å². The van der Waals surface area contributed by atoms with E-state index >= 15 is 0 Å². The highest BCUT2D eigenvalue weighted by Crippen LogP contribution is 2.59. The van der Waals surface area contributed by atoms with Crippen LogP contribution < -0.4 is 4.90 Å². The second-order valence-electron chi connectivity index (χ2n) is 5.63. The Labute approximate surface area is 113 Å². The van der Waals surface area contributed by atoms with Crippen molar-refractivity contribution in [3.05, 3.63) is 17.3 Å². The largest absolute Gasteiger partial charge is 0.354 e. The van der Waals surface area contributed by atoms with Gasteiger partial charge in [0.1, 0.15) is 12.1 Å². The fourth-order valence-electron chi connectivity index (χ4n) is 3.07. The smallest absolute Gasteiger partial charge is 0.257 e. The zero-order chi connectivity index (χ0) is 13.3. The van der Waals surface area contributed by atoms with Crippen LogP contribution in [0.15, 0.2) is 11.7 Å². The number of thiophene rings is 1. The monoisotopic (exact) mass is 281 g/mol. The second kappa shape index (κ2) is 3.42. The van der Waals surface area contributed by atoms with Gasteiger partial charge < -0.3 is 4.90 Å². The lowest BCUT2D eigenvalue weighted by molar-refractivity contribution is -0.212. The topological polar surface area (TPSA) is 29.0 Å². The van der Waals surface area contributed by atoms with Gasteiger partial charge >= 0.3 is 0 Å². The Bertz CT molecular complexity index is 661. The van der Waals surface area contributed by atoms with Gasteiger partial charge in [0.05, 0.1) is 15.6 Å². The van der Waals surface area contributed by atoms with Crippen LogP contribution in [0.1, 0.15) is 18.4 Å². The molecule has 6 heteroatoms. The van der Waals surface area contributed by atoms with E-state index in [2.05, 4.69) is 9.97 Å². The highest BCUT2D eigenvalue weighted by atomic mass is 32.1. The van der Waals surface area contributed by atoms with E-state index in [1.165, 1.54) is 6.33 Å². The summed E-state index contributed by atoms with van der Waals surface area (Å²) in [6.45, 7) is 2.85. The Morgan fingerprint density at radius 3 is 2.68 bits per heavy atom. The molecule has 2 fully saturated rings. The van der Waals surface area contributed by atoms with E-state index in [4.69, 9.17) is 0 Å². The van der Waals surface area contributed by atoms with Gasteiger partial charge in [0.25, 0.3) is 5.92 Å². The maximum absolute atomic E-state index is 13.6. The Morgan fingerprint density at radius 1 is 1.26 bits per heavy atom. The highest BCUT2D eigenvalue weighted by Gasteiger charge is 2.67. The summed E-state index contributed by atoms with van der Waals surface area (Å²) in [7, 11) is 0. The molecule has 4 rings (SSSR count). The number of fused-ring (bicyclic) bond motifs is 1. The van der Waals surface area contributed by atoms with Gasteiger partial charge in [0, 0.05) is 19.5 Å². The predicted molar refractivity (Wildman–Crippen MR) is 71.0 cm³/mol. The van der Waals surface area contributed by atoms with Gasteiger partial charge in [-0.1, -0.05) is 0 Å². The highest BCUT2D eigenvalue weighted by molar-refractivity contribution is 7.18. The van der Waals surface area contributed by atoms with Gasteiger partial charge in [-0.2, -0.15) is 0 Å². The number of aromatic nitrogens is 2. The molecule has 0 radical (unpaired) electrons. The normalized spacial score (nSPS) is 23.4. The summed E-state index contributed by atoms with van der Waals surface area (Å²) in [5.41, 5.74) is 1.28. The molecule has 0 unspecified atom stereocenters. The average molecular weight is 281 g/mol. The summed E-state index contributed by atoms with van der Waals surface area (Å²) in [6, 6.07) is 0. The molecular weight excluding hydrogens is 268 g/mol. The fraction of sp³-hybridized carbons (Fsp3) is 0.538. The Balaban J connectivity index is 1.67. The molecule has 100 valence electrons. The van der Waals surface area contributed by atoms with Crippen LogP contribution in [-0.2, 0) is 0 Å². The summed E-state index contributed by atoms with van der Waals surface area (Å²) in [5, 5.41) is 2.04. The van der Waals surface area contributed by atoms with Crippen LogP contribution in [0.25, 0.3) is 10.2 Å². The van der Waals surface area contributed by atoms with Crippen LogP contribution in [0.4, 0.5) is 14.6 Å². The van der Waals surface area contributed by atoms with Crippen LogP contribution in [0.5, 0.6) is 0 Å². The quantitative estimate of drug-likeness (QED) is 0.803. The minimum absolute atomic E-state index is 0.0398. The first-order valence-corrected chi connectivity index (χ1v) is 7.22. The molecule has 2 aromatic heterocycles.